The third-order valence-electron chi connectivity index (χ3n) is 3.87. The lowest BCUT2D eigenvalue weighted by Crippen LogP contribution is -2.20. The minimum Gasteiger partial charge on any atom is -0.322 e. The van der Waals surface area contributed by atoms with Gasteiger partial charge in [0.25, 0.3) is 0 Å². The van der Waals surface area contributed by atoms with E-state index in [-0.39, 0.29) is 18.4 Å². The smallest absolute Gasteiger partial charge is 0.0706 e. The summed E-state index contributed by atoms with van der Waals surface area (Å²) in [6.07, 6.45) is 5.17. The second-order valence-corrected chi connectivity index (χ2v) is 5.00. The highest BCUT2D eigenvalue weighted by Gasteiger charge is 2.24. The predicted molar refractivity (Wildman–Crippen MR) is 77.9 cm³/mol. The maximum absolute atomic E-state index is 6.33. The molecule has 96 valence electrons. The van der Waals surface area contributed by atoms with Crippen LogP contribution in [0.3, 0.4) is 0 Å². The fourth-order valence-electron chi connectivity index (χ4n) is 2.83. The summed E-state index contributed by atoms with van der Waals surface area (Å²) in [5.74, 6) is 0.628. The maximum atomic E-state index is 6.33. The molecule has 0 aliphatic heterocycles. The number of halogens is 1. The normalized spacial score (nSPS) is 17.6. The Morgan fingerprint density at radius 1 is 1.06 bits per heavy atom. The Bertz CT molecular complexity index is 521. The lowest BCUT2D eigenvalue weighted by atomic mass is 9.95. The van der Waals surface area contributed by atoms with Gasteiger partial charge in [-0.15, -0.1) is 12.4 Å². The zero-order valence-electron chi connectivity index (χ0n) is 10.4. The van der Waals surface area contributed by atoms with E-state index in [1.165, 1.54) is 31.1 Å². The molecule has 2 nitrogen and oxygen atoms in total. The number of hydrogen-bond acceptors (Lipinski definition) is 2. The molecule has 0 bridgehead atoms. The first-order valence-electron chi connectivity index (χ1n) is 6.46. The topological polar surface area (TPSA) is 38.9 Å². The number of para-hydroxylation sites is 1. The van der Waals surface area contributed by atoms with Crippen LogP contribution in [0.5, 0.6) is 0 Å². The van der Waals surface area contributed by atoms with Gasteiger partial charge in [-0.25, -0.2) is 0 Å². The Hall–Kier alpha value is -1.12. The number of benzene rings is 1. The molecule has 1 aromatic carbocycles. The number of nitrogens with zero attached hydrogens (tertiary/aromatic N) is 1. The number of rotatable bonds is 2. The number of aromatic nitrogens is 1. The molecule has 1 heterocycles. The standard InChI is InChI=1S/C15H18N2.ClH/c16-15(12-6-1-2-7-12)14-10-9-11-5-3-4-8-13(11)17-14;/h3-5,8-10,12,15H,1-2,6-7,16H2;1H/t15-;/m0./s1. The van der Waals surface area contributed by atoms with Gasteiger partial charge in [-0.05, 0) is 30.9 Å². The largest absolute Gasteiger partial charge is 0.322 e. The van der Waals surface area contributed by atoms with E-state index in [0.717, 1.165) is 11.2 Å². The Balaban J connectivity index is 0.00000120. The third kappa shape index (κ3) is 2.50. The molecule has 3 heteroatoms. The molecule has 1 fully saturated rings. The van der Waals surface area contributed by atoms with Gasteiger partial charge < -0.3 is 5.73 Å². The van der Waals surface area contributed by atoms with Gasteiger partial charge in [0.05, 0.1) is 11.2 Å². The van der Waals surface area contributed by atoms with Crippen LogP contribution in [0.4, 0.5) is 0 Å². The van der Waals surface area contributed by atoms with Crippen LogP contribution < -0.4 is 5.73 Å². The molecular weight excluding hydrogens is 244 g/mol. The number of fused-ring (bicyclic) bond motifs is 1. The summed E-state index contributed by atoms with van der Waals surface area (Å²) in [4.78, 5) is 4.69. The molecule has 18 heavy (non-hydrogen) atoms. The number of nitrogens with two attached hydrogens (primary N) is 1. The van der Waals surface area contributed by atoms with E-state index in [1.807, 2.05) is 12.1 Å². The summed E-state index contributed by atoms with van der Waals surface area (Å²) in [6.45, 7) is 0. The summed E-state index contributed by atoms with van der Waals surface area (Å²) in [5, 5.41) is 1.19. The molecule has 0 amide bonds. The fourth-order valence-corrected chi connectivity index (χ4v) is 2.83. The molecule has 1 aromatic heterocycles. The lowest BCUT2D eigenvalue weighted by molar-refractivity contribution is 0.438. The average Bonchev–Trinajstić information content (AvgIpc) is 2.91. The highest BCUT2D eigenvalue weighted by Crippen LogP contribution is 2.33. The van der Waals surface area contributed by atoms with Crippen molar-refractivity contribution in [3.63, 3.8) is 0 Å². The van der Waals surface area contributed by atoms with Crippen molar-refractivity contribution in [2.45, 2.75) is 31.7 Å². The number of pyridine rings is 1. The Kier molecular flexibility index (Phi) is 4.20. The van der Waals surface area contributed by atoms with Gasteiger partial charge in [0, 0.05) is 11.4 Å². The summed E-state index contributed by atoms with van der Waals surface area (Å²) in [6, 6.07) is 12.5. The Morgan fingerprint density at radius 3 is 2.56 bits per heavy atom. The van der Waals surface area contributed by atoms with Crippen molar-refractivity contribution >= 4 is 23.3 Å². The molecule has 1 aliphatic rings. The molecule has 1 saturated carbocycles. The molecule has 1 aliphatic carbocycles. The van der Waals surface area contributed by atoms with Crippen molar-refractivity contribution < 1.29 is 0 Å². The molecule has 0 spiro atoms. The van der Waals surface area contributed by atoms with Crippen molar-refractivity contribution in [2.75, 3.05) is 0 Å². The highest BCUT2D eigenvalue weighted by molar-refractivity contribution is 5.85. The van der Waals surface area contributed by atoms with Gasteiger partial charge in [0.2, 0.25) is 0 Å². The zero-order valence-corrected chi connectivity index (χ0v) is 11.2. The quantitative estimate of drug-likeness (QED) is 0.893. The van der Waals surface area contributed by atoms with E-state index in [1.54, 1.807) is 0 Å². The summed E-state index contributed by atoms with van der Waals surface area (Å²) in [5.41, 5.74) is 8.43. The molecule has 1 atom stereocenters. The van der Waals surface area contributed by atoms with E-state index in [2.05, 4.69) is 24.3 Å². The number of hydrogen-bond donors (Lipinski definition) is 1. The first-order valence-corrected chi connectivity index (χ1v) is 6.46. The fraction of sp³-hybridized carbons (Fsp3) is 0.400. The highest BCUT2D eigenvalue weighted by atomic mass is 35.5. The van der Waals surface area contributed by atoms with Crippen LogP contribution in [-0.2, 0) is 0 Å². The molecule has 0 radical (unpaired) electrons. The van der Waals surface area contributed by atoms with Crippen LogP contribution in [0.2, 0.25) is 0 Å². The van der Waals surface area contributed by atoms with Crippen LogP contribution in [0.15, 0.2) is 36.4 Å². The van der Waals surface area contributed by atoms with E-state index < -0.39 is 0 Å². The third-order valence-corrected chi connectivity index (χ3v) is 3.87. The summed E-state index contributed by atoms with van der Waals surface area (Å²) >= 11 is 0. The minimum absolute atomic E-state index is 0. The second-order valence-electron chi connectivity index (χ2n) is 5.00. The van der Waals surface area contributed by atoms with Crippen molar-refractivity contribution in [1.82, 2.24) is 4.98 Å². The SMILES string of the molecule is Cl.N[C@H](c1ccc2ccccc2n1)C1CCCC1. The average molecular weight is 263 g/mol. The lowest BCUT2D eigenvalue weighted by Gasteiger charge is -2.18. The molecule has 0 saturated heterocycles. The van der Waals surface area contributed by atoms with E-state index in [0.29, 0.717) is 5.92 Å². The van der Waals surface area contributed by atoms with Gasteiger partial charge in [-0.3, -0.25) is 4.98 Å². The van der Waals surface area contributed by atoms with Gasteiger partial charge in [0.15, 0.2) is 0 Å². The summed E-state index contributed by atoms with van der Waals surface area (Å²) in [7, 11) is 0. The molecule has 3 rings (SSSR count). The zero-order chi connectivity index (χ0) is 11.7. The van der Waals surface area contributed by atoms with Crippen molar-refractivity contribution in [3.8, 4) is 0 Å². The van der Waals surface area contributed by atoms with Gasteiger partial charge in [0.1, 0.15) is 0 Å². The van der Waals surface area contributed by atoms with Crippen molar-refractivity contribution in [1.29, 1.82) is 0 Å². The Morgan fingerprint density at radius 2 is 1.78 bits per heavy atom. The van der Waals surface area contributed by atoms with E-state index in [4.69, 9.17) is 10.7 Å². The van der Waals surface area contributed by atoms with E-state index in [9.17, 15) is 0 Å². The Labute approximate surface area is 114 Å². The van der Waals surface area contributed by atoms with Gasteiger partial charge in [-0.1, -0.05) is 37.1 Å². The van der Waals surface area contributed by atoms with Crippen LogP contribution in [0.1, 0.15) is 37.4 Å². The predicted octanol–water partition coefficient (Wildman–Crippen LogP) is 3.85. The minimum atomic E-state index is 0. The van der Waals surface area contributed by atoms with E-state index >= 15 is 0 Å². The second kappa shape index (κ2) is 5.68. The van der Waals surface area contributed by atoms with Gasteiger partial charge >= 0.3 is 0 Å². The van der Waals surface area contributed by atoms with Crippen molar-refractivity contribution in [3.05, 3.63) is 42.1 Å². The van der Waals surface area contributed by atoms with Crippen molar-refractivity contribution in [2.24, 2.45) is 11.7 Å². The first-order chi connectivity index (χ1) is 8.34. The van der Waals surface area contributed by atoms with Crippen LogP contribution >= 0.6 is 12.4 Å². The van der Waals surface area contributed by atoms with Crippen LogP contribution in [-0.4, -0.2) is 4.98 Å². The molecular formula is C15H19ClN2. The molecule has 2 N–H and O–H groups in total. The monoisotopic (exact) mass is 262 g/mol. The van der Waals surface area contributed by atoms with Crippen LogP contribution in [0, 0.1) is 5.92 Å². The van der Waals surface area contributed by atoms with Crippen LogP contribution in [0.25, 0.3) is 10.9 Å². The maximum Gasteiger partial charge on any atom is 0.0706 e. The molecule has 0 unspecified atom stereocenters. The first kappa shape index (κ1) is 13.3. The summed E-state index contributed by atoms with van der Waals surface area (Å²) < 4.78 is 0. The molecule has 2 aromatic rings. The van der Waals surface area contributed by atoms with Gasteiger partial charge in [-0.2, -0.15) is 0 Å².